The fourth-order valence-electron chi connectivity index (χ4n) is 1.69. The third-order valence-corrected chi connectivity index (χ3v) is 3.64. The normalized spacial score (nSPS) is 10.6. The summed E-state index contributed by atoms with van der Waals surface area (Å²) in [5, 5.41) is 4.39. The highest BCUT2D eigenvalue weighted by Crippen LogP contribution is 2.25. The third kappa shape index (κ3) is 3.00. The van der Waals surface area contributed by atoms with E-state index in [0.717, 1.165) is 17.1 Å². The van der Waals surface area contributed by atoms with E-state index in [1.807, 2.05) is 13.0 Å². The molecule has 0 aliphatic carbocycles. The van der Waals surface area contributed by atoms with Crippen LogP contribution in [0.4, 0.5) is 10.8 Å². The number of benzene rings is 1. The fraction of sp³-hybridized carbons (Fsp3) is 0.308. The van der Waals surface area contributed by atoms with Crippen LogP contribution in [0.5, 0.6) is 0 Å². The van der Waals surface area contributed by atoms with Crippen molar-refractivity contribution in [3.05, 3.63) is 41.0 Å². The Morgan fingerprint density at radius 2 is 2.17 bits per heavy atom. The van der Waals surface area contributed by atoms with Gasteiger partial charge in [0, 0.05) is 19.2 Å². The Morgan fingerprint density at radius 3 is 2.83 bits per heavy atom. The summed E-state index contributed by atoms with van der Waals surface area (Å²) in [6, 6.07) is 8.32. The van der Waals surface area contributed by atoms with Gasteiger partial charge >= 0.3 is 0 Å². The minimum Gasteiger partial charge on any atom is -0.383 e. The molecule has 0 saturated carbocycles. The molecule has 3 N–H and O–H groups in total. The van der Waals surface area contributed by atoms with E-state index in [-0.39, 0.29) is 0 Å². The van der Waals surface area contributed by atoms with E-state index >= 15 is 0 Å². The van der Waals surface area contributed by atoms with Crippen molar-refractivity contribution in [2.45, 2.75) is 20.1 Å². The zero-order chi connectivity index (χ0) is 13.0. The highest BCUT2D eigenvalue weighted by atomic mass is 32.1. The predicted molar refractivity (Wildman–Crippen MR) is 75.7 cm³/mol. The molecule has 0 spiro atoms. The molecule has 96 valence electrons. The standard InChI is InChI=1S/C13H17N3OS/c1-9-12(14)16-18-13(9)15-7-10-4-3-5-11(6-10)8-17-2/h3-6,15H,7-8H2,1-2H3,(H2,14,16). The zero-order valence-corrected chi connectivity index (χ0v) is 11.4. The molecule has 1 aromatic carbocycles. The van der Waals surface area contributed by atoms with Crippen LogP contribution in [-0.4, -0.2) is 11.5 Å². The first kappa shape index (κ1) is 12.9. The lowest BCUT2D eigenvalue weighted by atomic mass is 10.1. The van der Waals surface area contributed by atoms with Crippen molar-refractivity contribution in [2.75, 3.05) is 18.2 Å². The second-order valence-electron chi connectivity index (χ2n) is 4.13. The maximum absolute atomic E-state index is 5.72. The van der Waals surface area contributed by atoms with Gasteiger partial charge in [0.25, 0.3) is 0 Å². The molecule has 2 aromatic rings. The molecule has 1 aromatic heterocycles. The van der Waals surface area contributed by atoms with E-state index < -0.39 is 0 Å². The van der Waals surface area contributed by atoms with E-state index in [1.54, 1.807) is 7.11 Å². The molecule has 0 atom stereocenters. The van der Waals surface area contributed by atoms with Gasteiger partial charge in [-0.25, -0.2) is 0 Å². The lowest BCUT2D eigenvalue weighted by molar-refractivity contribution is 0.185. The Kier molecular flexibility index (Phi) is 4.17. The maximum atomic E-state index is 5.72. The number of methoxy groups -OCH3 is 1. The summed E-state index contributed by atoms with van der Waals surface area (Å²) in [4.78, 5) is 0. The molecular formula is C13H17N3OS. The minimum absolute atomic E-state index is 0.607. The first-order valence-corrected chi connectivity index (χ1v) is 6.50. The molecule has 0 bridgehead atoms. The number of ether oxygens (including phenoxy) is 1. The van der Waals surface area contributed by atoms with Crippen LogP contribution in [0.25, 0.3) is 0 Å². The van der Waals surface area contributed by atoms with Crippen molar-refractivity contribution < 1.29 is 4.74 Å². The smallest absolute Gasteiger partial charge is 0.142 e. The topological polar surface area (TPSA) is 60.2 Å². The molecule has 18 heavy (non-hydrogen) atoms. The van der Waals surface area contributed by atoms with Crippen molar-refractivity contribution >= 4 is 22.4 Å². The van der Waals surface area contributed by atoms with Gasteiger partial charge in [-0.15, -0.1) is 0 Å². The van der Waals surface area contributed by atoms with Crippen molar-refractivity contribution in [1.29, 1.82) is 0 Å². The monoisotopic (exact) mass is 263 g/mol. The second-order valence-corrected chi connectivity index (χ2v) is 4.90. The number of nitrogens with zero attached hydrogens (tertiary/aromatic N) is 1. The minimum atomic E-state index is 0.607. The number of nitrogen functional groups attached to an aromatic ring is 1. The summed E-state index contributed by atoms with van der Waals surface area (Å²) in [6.07, 6.45) is 0. The van der Waals surface area contributed by atoms with Gasteiger partial charge in [0.2, 0.25) is 0 Å². The highest BCUT2D eigenvalue weighted by Gasteiger charge is 2.05. The van der Waals surface area contributed by atoms with E-state index in [0.29, 0.717) is 12.4 Å². The van der Waals surface area contributed by atoms with Crippen LogP contribution in [-0.2, 0) is 17.9 Å². The maximum Gasteiger partial charge on any atom is 0.142 e. The molecule has 5 heteroatoms. The van der Waals surface area contributed by atoms with Crippen LogP contribution in [0.15, 0.2) is 24.3 Å². The summed E-state index contributed by atoms with van der Waals surface area (Å²) in [7, 11) is 1.70. The van der Waals surface area contributed by atoms with Crippen LogP contribution in [0.1, 0.15) is 16.7 Å². The van der Waals surface area contributed by atoms with Crippen molar-refractivity contribution in [2.24, 2.45) is 0 Å². The number of hydrogen-bond acceptors (Lipinski definition) is 5. The quantitative estimate of drug-likeness (QED) is 0.871. The number of hydrogen-bond donors (Lipinski definition) is 2. The molecule has 0 saturated heterocycles. The zero-order valence-electron chi connectivity index (χ0n) is 10.6. The van der Waals surface area contributed by atoms with Crippen LogP contribution in [0.3, 0.4) is 0 Å². The Balaban J connectivity index is 2.01. The van der Waals surface area contributed by atoms with Gasteiger partial charge < -0.3 is 15.8 Å². The average molecular weight is 263 g/mol. The number of aromatic nitrogens is 1. The first-order chi connectivity index (χ1) is 8.70. The van der Waals surface area contributed by atoms with E-state index in [2.05, 4.69) is 27.9 Å². The summed E-state index contributed by atoms with van der Waals surface area (Å²) >= 11 is 1.40. The molecule has 0 amide bonds. The Hall–Kier alpha value is -1.59. The summed E-state index contributed by atoms with van der Waals surface area (Å²) in [5.41, 5.74) is 9.13. The largest absolute Gasteiger partial charge is 0.383 e. The molecule has 0 fully saturated rings. The lowest BCUT2D eigenvalue weighted by Gasteiger charge is -2.07. The molecule has 1 heterocycles. The van der Waals surface area contributed by atoms with Gasteiger partial charge in [-0.2, -0.15) is 4.37 Å². The number of rotatable bonds is 5. The highest BCUT2D eigenvalue weighted by molar-refractivity contribution is 7.10. The Labute approximate surface area is 111 Å². The van der Waals surface area contributed by atoms with Crippen molar-refractivity contribution in [3.63, 3.8) is 0 Å². The van der Waals surface area contributed by atoms with Gasteiger partial charge in [0.15, 0.2) is 0 Å². The predicted octanol–water partition coefficient (Wildman–Crippen LogP) is 2.79. The second kappa shape index (κ2) is 5.84. The van der Waals surface area contributed by atoms with Crippen LogP contribution >= 0.6 is 11.5 Å². The molecular weight excluding hydrogens is 246 g/mol. The fourth-order valence-corrected chi connectivity index (χ4v) is 2.40. The SMILES string of the molecule is COCc1cccc(CNc2snc(N)c2C)c1. The third-order valence-electron chi connectivity index (χ3n) is 2.72. The van der Waals surface area contributed by atoms with Crippen LogP contribution in [0, 0.1) is 6.92 Å². The van der Waals surface area contributed by atoms with Crippen molar-refractivity contribution in [3.8, 4) is 0 Å². The van der Waals surface area contributed by atoms with E-state index in [1.165, 1.54) is 22.7 Å². The number of anilines is 2. The molecule has 0 aliphatic rings. The molecule has 2 rings (SSSR count). The summed E-state index contributed by atoms with van der Waals surface area (Å²) in [6.45, 7) is 3.38. The first-order valence-electron chi connectivity index (χ1n) is 5.73. The average Bonchev–Trinajstić information content (AvgIpc) is 2.69. The molecule has 4 nitrogen and oxygen atoms in total. The van der Waals surface area contributed by atoms with Gasteiger partial charge in [-0.05, 0) is 29.6 Å². The Bertz CT molecular complexity index is 525. The van der Waals surface area contributed by atoms with Gasteiger partial charge in [-0.3, -0.25) is 0 Å². The van der Waals surface area contributed by atoms with Crippen LogP contribution < -0.4 is 11.1 Å². The molecule has 0 aliphatic heterocycles. The molecule has 0 unspecified atom stereocenters. The van der Waals surface area contributed by atoms with Crippen molar-refractivity contribution in [1.82, 2.24) is 4.37 Å². The lowest BCUT2D eigenvalue weighted by Crippen LogP contribution is -2.00. The van der Waals surface area contributed by atoms with Crippen LogP contribution in [0.2, 0.25) is 0 Å². The Morgan fingerprint density at radius 1 is 1.39 bits per heavy atom. The van der Waals surface area contributed by atoms with Gasteiger partial charge in [0.1, 0.15) is 10.8 Å². The van der Waals surface area contributed by atoms with Gasteiger partial charge in [0.05, 0.1) is 6.61 Å². The molecule has 0 radical (unpaired) electrons. The summed E-state index contributed by atoms with van der Waals surface area (Å²) in [5.74, 6) is 0.607. The van der Waals surface area contributed by atoms with Gasteiger partial charge in [-0.1, -0.05) is 24.3 Å². The summed E-state index contributed by atoms with van der Waals surface area (Å²) < 4.78 is 9.24. The number of nitrogens with two attached hydrogens (primary N) is 1. The van der Waals surface area contributed by atoms with E-state index in [4.69, 9.17) is 10.5 Å². The van der Waals surface area contributed by atoms with E-state index in [9.17, 15) is 0 Å². The number of nitrogens with one attached hydrogen (secondary N) is 1.